The van der Waals surface area contributed by atoms with Gasteiger partial charge in [0.15, 0.2) is 11.6 Å². The number of ether oxygens (including phenoxy) is 1. The highest BCUT2D eigenvalue weighted by molar-refractivity contribution is 6.32. The average molecular weight is 534 g/mol. The van der Waals surface area contributed by atoms with E-state index >= 15 is 8.78 Å². The van der Waals surface area contributed by atoms with Crippen molar-refractivity contribution in [2.24, 2.45) is 16.8 Å². The van der Waals surface area contributed by atoms with Crippen LogP contribution in [0.3, 0.4) is 0 Å². The van der Waals surface area contributed by atoms with Crippen molar-refractivity contribution < 1.29 is 23.0 Å². The van der Waals surface area contributed by atoms with Gasteiger partial charge in [-0.2, -0.15) is 5.10 Å². The van der Waals surface area contributed by atoms with Gasteiger partial charge < -0.3 is 15.6 Å². The van der Waals surface area contributed by atoms with Crippen LogP contribution in [0.15, 0.2) is 72.1 Å². The number of benzene rings is 2. The third-order valence-electron chi connectivity index (χ3n) is 6.43. The Morgan fingerprint density at radius 2 is 1.84 bits per heavy atom. The van der Waals surface area contributed by atoms with E-state index in [9.17, 15) is 9.50 Å². The fourth-order valence-electron chi connectivity index (χ4n) is 3.60. The monoisotopic (exact) mass is 533 g/mol. The van der Waals surface area contributed by atoms with Gasteiger partial charge in [0, 0.05) is 24.1 Å². The Balaban J connectivity index is 1.76. The van der Waals surface area contributed by atoms with Gasteiger partial charge in [-0.25, -0.2) is 18.2 Å². The van der Waals surface area contributed by atoms with E-state index in [1.54, 1.807) is 18.4 Å². The van der Waals surface area contributed by atoms with E-state index in [1.165, 1.54) is 43.1 Å². The third kappa shape index (κ3) is 6.19. The van der Waals surface area contributed by atoms with E-state index in [1.807, 2.05) is 13.8 Å². The van der Waals surface area contributed by atoms with Crippen LogP contribution in [0.25, 0.3) is 5.57 Å². The van der Waals surface area contributed by atoms with Crippen LogP contribution in [-0.2, 0) is 5.60 Å². The van der Waals surface area contributed by atoms with E-state index in [4.69, 9.17) is 22.1 Å². The molecular formula is C28H31ClF3N3O2. The second-order valence-corrected chi connectivity index (χ2v) is 9.95. The molecule has 0 spiro atoms. The summed E-state index contributed by atoms with van der Waals surface area (Å²) in [7, 11) is 0. The molecule has 2 aromatic carbocycles. The topological polar surface area (TPSA) is 71.1 Å². The predicted molar refractivity (Wildman–Crippen MR) is 142 cm³/mol. The lowest BCUT2D eigenvalue weighted by Crippen LogP contribution is -2.45. The molecule has 2 aromatic rings. The summed E-state index contributed by atoms with van der Waals surface area (Å²) in [5.41, 5.74) is 3.20. The summed E-state index contributed by atoms with van der Waals surface area (Å²) in [5, 5.41) is 16.7. The Morgan fingerprint density at radius 3 is 2.43 bits per heavy atom. The molecule has 9 heteroatoms. The number of hydrogen-bond donors (Lipinski definition) is 2. The first-order valence-corrected chi connectivity index (χ1v) is 12.1. The second kappa shape index (κ2) is 11.0. The third-order valence-corrected chi connectivity index (χ3v) is 6.72. The molecule has 1 aliphatic rings. The smallest absolute Gasteiger partial charge is 0.174 e. The van der Waals surface area contributed by atoms with Crippen LogP contribution >= 0.6 is 11.6 Å². The van der Waals surface area contributed by atoms with Crippen molar-refractivity contribution in [3.8, 4) is 5.75 Å². The van der Waals surface area contributed by atoms with Crippen molar-refractivity contribution in [1.29, 1.82) is 0 Å². The second-order valence-electron chi connectivity index (χ2n) is 9.54. The normalized spacial score (nSPS) is 17.5. The Bertz CT molecular complexity index is 1250. The van der Waals surface area contributed by atoms with Gasteiger partial charge >= 0.3 is 0 Å². The quantitative estimate of drug-likeness (QED) is 0.279. The first-order chi connectivity index (χ1) is 17.2. The van der Waals surface area contributed by atoms with Crippen LogP contribution in [0.4, 0.5) is 13.2 Å². The van der Waals surface area contributed by atoms with Crippen molar-refractivity contribution >= 4 is 23.0 Å². The van der Waals surface area contributed by atoms with Gasteiger partial charge in [-0.1, -0.05) is 44.2 Å². The van der Waals surface area contributed by atoms with E-state index in [2.05, 4.69) is 11.7 Å². The molecule has 1 heterocycles. The molecule has 2 atom stereocenters. The summed E-state index contributed by atoms with van der Waals surface area (Å²) < 4.78 is 49.8. The molecular weight excluding hydrogens is 503 g/mol. The molecule has 198 valence electrons. The molecule has 0 aromatic heterocycles. The predicted octanol–water partition coefficient (Wildman–Crippen LogP) is 6.68. The highest BCUT2D eigenvalue weighted by Gasteiger charge is 2.45. The van der Waals surface area contributed by atoms with Gasteiger partial charge in [-0.15, -0.1) is 0 Å². The Labute approximate surface area is 220 Å². The van der Waals surface area contributed by atoms with Gasteiger partial charge in [-0.3, -0.25) is 0 Å². The van der Waals surface area contributed by atoms with Gasteiger partial charge in [0.2, 0.25) is 0 Å². The van der Waals surface area contributed by atoms with Gasteiger partial charge in [0.05, 0.1) is 17.3 Å². The van der Waals surface area contributed by atoms with Crippen molar-refractivity contribution in [2.45, 2.75) is 45.4 Å². The Morgan fingerprint density at radius 1 is 1.19 bits per heavy atom. The van der Waals surface area contributed by atoms with Gasteiger partial charge in [0.1, 0.15) is 22.9 Å². The van der Waals surface area contributed by atoms with Gasteiger partial charge in [0.25, 0.3) is 0 Å². The minimum atomic E-state index is -2.18. The molecule has 3 rings (SSSR count). The first-order valence-electron chi connectivity index (χ1n) is 11.7. The Kier molecular flexibility index (Phi) is 8.45. The number of amidine groups is 1. The van der Waals surface area contributed by atoms with Crippen LogP contribution in [0.2, 0.25) is 5.02 Å². The molecule has 0 aliphatic carbocycles. The summed E-state index contributed by atoms with van der Waals surface area (Å²) in [4.78, 5) is 0. The maximum Gasteiger partial charge on any atom is 0.174 e. The van der Waals surface area contributed by atoms with Crippen molar-refractivity contribution in [3.05, 3.63) is 94.8 Å². The van der Waals surface area contributed by atoms with Crippen molar-refractivity contribution in [3.63, 3.8) is 0 Å². The van der Waals surface area contributed by atoms with Crippen molar-refractivity contribution in [1.82, 2.24) is 5.01 Å². The van der Waals surface area contributed by atoms with Crippen molar-refractivity contribution in [2.75, 3.05) is 6.61 Å². The van der Waals surface area contributed by atoms with Crippen LogP contribution in [0.5, 0.6) is 5.75 Å². The van der Waals surface area contributed by atoms with E-state index in [0.29, 0.717) is 17.1 Å². The first kappa shape index (κ1) is 28.3. The molecule has 2 unspecified atom stereocenters. The lowest BCUT2D eigenvalue weighted by Gasteiger charge is -2.36. The largest absolute Gasteiger partial charge is 0.489 e. The van der Waals surface area contributed by atoms with E-state index < -0.39 is 22.9 Å². The number of aliphatic hydroxyl groups is 1. The SMILES string of the molecule is C=C1C=C(c2ccc(Cl)c(OCCC(C)(F)C(C)(O)c3ccc(F)cc3)c2F)C=CN1/N=C(/N)C(C)C. The number of alkyl halides is 1. The lowest BCUT2D eigenvalue weighted by atomic mass is 9.79. The molecule has 37 heavy (non-hydrogen) atoms. The fourth-order valence-corrected chi connectivity index (χ4v) is 3.80. The zero-order valence-corrected chi connectivity index (χ0v) is 22.0. The molecule has 0 bridgehead atoms. The zero-order chi connectivity index (χ0) is 27.5. The molecule has 0 radical (unpaired) electrons. The molecule has 1 aliphatic heterocycles. The summed E-state index contributed by atoms with van der Waals surface area (Å²) in [6, 6.07) is 7.91. The Hall–Kier alpha value is -3.23. The molecule has 0 saturated heterocycles. The van der Waals surface area contributed by atoms with Crippen LogP contribution in [0.1, 0.15) is 45.2 Å². The maximum atomic E-state index is 15.5. The number of nitrogens with two attached hydrogens (primary N) is 1. The molecule has 5 nitrogen and oxygen atoms in total. The summed E-state index contributed by atoms with van der Waals surface area (Å²) in [6.07, 6.45) is 4.63. The number of hydrogen-bond acceptors (Lipinski definition) is 4. The molecule has 0 saturated carbocycles. The van der Waals surface area contributed by atoms with E-state index in [0.717, 1.165) is 12.1 Å². The average Bonchev–Trinajstić information content (AvgIpc) is 2.82. The number of halogens is 4. The number of nitrogens with zero attached hydrogens (tertiary/aromatic N) is 2. The standard InChI is InChI=1S/C28H31ClF3N3O2/c1-17(2)26(33)34-35-14-12-19(16-18(35)3)22-10-11-23(29)25(24(22)31)37-15-13-27(4,32)28(5,36)20-6-8-21(30)9-7-20/h6-12,14,16-17,36H,3,13,15H2,1-2,4-5H3,(H2,33,34). The fraction of sp³-hybridized carbons (Fsp3) is 0.321. The highest BCUT2D eigenvalue weighted by Crippen LogP contribution is 2.40. The summed E-state index contributed by atoms with van der Waals surface area (Å²) >= 11 is 6.19. The van der Waals surface area contributed by atoms with Crippen LogP contribution in [0, 0.1) is 17.6 Å². The van der Waals surface area contributed by atoms with Crippen LogP contribution < -0.4 is 10.5 Å². The number of rotatable bonds is 9. The van der Waals surface area contributed by atoms with Gasteiger partial charge in [-0.05, 0) is 61.4 Å². The molecule has 0 fully saturated rings. The highest BCUT2D eigenvalue weighted by atomic mass is 35.5. The van der Waals surface area contributed by atoms with Crippen LogP contribution in [-0.4, -0.2) is 28.2 Å². The maximum absolute atomic E-state index is 15.5. The number of allylic oxidation sites excluding steroid dienone is 3. The summed E-state index contributed by atoms with van der Waals surface area (Å²) in [5.74, 6) is -0.985. The number of hydrazone groups is 1. The summed E-state index contributed by atoms with van der Waals surface area (Å²) in [6.45, 7) is 10.0. The lowest BCUT2D eigenvalue weighted by molar-refractivity contribution is -0.0955. The minimum Gasteiger partial charge on any atom is -0.489 e. The molecule has 3 N–H and O–H groups in total. The molecule has 0 amide bonds. The minimum absolute atomic E-state index is 0.0160. The zero-order valence-electron chi connectivity index (χ0n) is 21.2. The van der Waals surface area contributed by atoms with E-state index in [-0.39, 0.29) is 40.8 Å².